The third-order valence-corrected chi connectivity index (χ3v) is 9.56. The number of carbonyl (C=O) groups excluding carboxylic acids is 5. The minimum absolute atomic E-state index is 0.00720. The first-order valence-corrected chi connectivity index (χ1v) is 18.5. The molecule has 0 bridgehead atoms. The third-order valence-electron chi connectivity index (χ3n) is 9.56. The molecule has 5 N–H and O–H groups in total. The number of hydrogen-bond donors (Lipinski definition) is 5. The molecule has 4 rings (SSSR count). The maximum Gasteiger partial charge on any atom is 0.407 e. The Morgan fingerprint density at radius 1 is 0.870 bits per heavy atom. The Morgan fingerprint density at radius 3 is 2.13 bits per heavy atom. The molecule has 1 aromatic carbocycles. The molecule has 1 aromatic heterocycles. The highest BCUT2D eigenvalue weighted by atomic mass is 16.6. The number of rotatable bonds is 15. The van der Waals surface area contributed by atoms with Crippen molar-refractivity contribution in [3.05, 3.63) is 64.1 Å². The zero-order chi connectivity index (χ0) is 39.0. The number of H-pyrrole nitrogens is 1. The van der Waals surface area contributed by atoms with E-state index >= 15 is 0 Å². The van der Waals surface area contributed by atoms with E-state index in [0.717, 1.165) is 69.4 Å². The van der Waals surface area contributed by atoms with Gasteiger partial charge in [-0.05, 0) is 114 Å². The van der Waals surface area contributed by atoms with E-state index in [9.17, 15) is 28.8 Å². The van der Waals surface area contributed by atoms with Gasteiger partial charge in [-0.1, -0.05) is 12.6 Å². The topological polar surface area (TPSA) is 216 Å². The number of nitrogens with one attached hydrogen (secondary N) is 5. The van der Waals surface area contributed by atoms with Gasteiger partial charge in [0.15, 0.2) is 0 Å². The van der Waals surface area contributed by atoms with Crippen LogP contribution in [0.25, 0.3) is 0 Å². The molecular weight excluding hydrogens is 700 g/mol. The van der Waals surface area contributed by atoms with Crippen LogP contribution in [0.15, 0.2) is 41.7 Å². The highest BCUT2D eigenvalue weighted by Gasteiger charge is 2.29. The lowest BCUT2D eigenvalue weighted by atomic mass is 9.76. The van der Waals surface area contributed by atoms with Gasteiger partial charge in [0.25, 0.3) is 5.56 Å². The Balaban J connectivity index is 1.07. The first kappa shape index (κ1) is 41.3. The fourth-order valence-electron chi connectivity index (χ4n) is 6.78. The molecule has 2 aliphatic carbocycles. The molecule has 2 aromatic rings. The van der Waals surface area contributed by atoms with Gasteiger partial charge in [0.05, 0.1) is 6.42 Å². The van der Waals surface area contributed by atoms with E-state index < -0.39 is 41.8 Å². The Hall–Kier alpha value is -5.41. The summed E-state index contributed by atoms with van der Waals surface area (Å²) in [4.78, 5) is 78.9. The zero-order valence-electron chi connectivity index (χ0n) is 31.2. The standard InChI is InChI=1S/C38H52N6O10/c1-5-33(46)51-16-17-52-37(49)41-29-12-7-26(8-13-29)19-27-9-14-30(15-10-27)42-38(50)54-25(4)22-53-34(47)21-28-20-31(11-6-23(28)2)40-36(48)44-35-39-24(3)18-32(45)43-35/h5-6,11,18,20,25-27,29-30H,1,7-10,12-17,19,21-22H2,2-4H3,(H,41,49)(H,42,50)(H3,39,40,43,44,45,48). The average molecular weight is 753 g/mol. The number of ether oxygens (including phenoxy) is 4. The van der Waals surface area contributed by atoms with Gasteiger partial charge < -0.3 is 34.9 Å². The molecule has 54 heavy (non-hydrogen) atoms. The number of urea groups is 1. The van der Waals surface area contributed by atoms with Crippen LogP contribution in [0.5, 0.6) is 0 Å². The number of nitrogens with zero attached hydrogens (tertiary/aromatic N) is 1. The molecule has 1 unspecified atom stereocenters. The van der Waals surface area contributed by atoms with Crippen LogP contribution in [-0.4, -0.2) is 78.1 Å². The van der Waals surface area contributed by atoms with Crippen molar-refractivity contribution >= 4 is 41.8 Å². The van der Waals surface area contributed by atoms with Gasteiger partial charge in [0.1, 0.15) is 25.9 Å². The number of esters is 2. The van der Waals surface area contributed by atoms with Crippen LogP contribution in [-0.2, 0) is 35.0 Å². The highest BCUT2D eigenvalue weighted by Crippen LogP contribution is 2.35. The summed E-state index contributed by atoms with van der Waals surface area (Å²) in [7, 11) is 0. The molecule has 0 radical (unpaired) electrons. The van der Waals surface area contributed by atoms with Crippen molar-refractivity contribution in [2.45, 2.75) is 103 Å². The summed E-state index contributed by atoms with van der Waals surface area (Å²) < 4.78 is 20.7. The van der Waals surface area contributed by atoms with Gasteiger partial charge in [-0.2, -0.15) is 0 Å². The molecule has 4 amide bonds. The van der Waals surface area contributed by atoms with Crippen molar-refractivity contribution in [2.24, 2.45) is 11.8 Å². The predicted molar refractivity (Wildman–Crippen MR) is 199 cm³/mol. The van der Waals surface area contributed by atoms with Crippen LogP contribution < -0.4 is 26.8 Å². The molecular formula is C38H52N6O10. The van der Waals surface area contributed by atoms with Crippen LogP contribution in [0.4, 0.5) is 26.0 Å². The maximum atomic E-state index is 12.7. The van der Waals surface area contributed by atoms with E-state index in [0.29, 0.717) is 28.8 Å². The number of hydrogen-bond acceptors (Lipinski definition) is 11. The third kappa shape index (κ3) is 14.5. The summed E-state index contributed by atoms with van der Waals surface area (Å²) in [5.74, 6) is 0.140. The first-order valence-electron chi connectivity index (χ1n) is 18.5. The van der Waals surface area contributed by atoms with Crippen molar-refractivity contribution in [3.63, 3.8) is 0 Å². The minimum atomic E-state index is -0.654. The summed E-state index contributed by atoms with van der Waals surface area (Å²) in [6.45, 7) is 8.32. The summed E-state index contributed by atoms with van der Waals surface area (Å²) in [5.41, 5.74) is 1.96. The van der Waals surface area contributed by atoms with Crippen molar-refractivity contribution in [3.8, 4) is 0 Å². The molecule has 1 atom stereocenters. The molecule has 0 aliphatic heterocycles. The Labute approximate surface area is 314 Å². The fraction of sp³-hybridized carbons (Fsp3) is 0.553. The second kappa shape index (κ2) is 20.7. The lowest BCUT2D eigenvalue weighted by Gasteiger charge is -2.34. The van der Waals surface area contributed by atoms with Crippen molar-refractivity contribution in [2.75, 3.05) is 30.5 Å². The molecule has 2 fully saturated rings. The molecule has 16 heteroatoms. The van der Waals surface area contributed by atoms with Crippen LogP contribution in [0.3, 0.4) is 0 Å². The summed E-state index contributed by atoms with van der Waals surface area (Å²) in [6.07, 6.45) is 8.07. The lowest BCUT2D eigenvalue weighted by Crippen LogP contribution is -2.40. The number of benzene rings is 1. The van der Waals surface area contributed by atoms with E-state index in [1.807, 2.05) is 6.92 Å². The minimum Gasteiger partial charge on any atom is -0.461 e. The quantitative estimate of drug-likeness (QED) is 0.0690. The Bertz CT molecular complexity index is 1680. The zero-order valence-corrected chi connectivity index (χ0v) is 31.2. The molecule has 294 valence electrons. The molecule has 2 aliphatic rings. The number of amides is 4. The second-order valence-electron chi connectivity index (χ2n) is 14.0. The van der Waals surface area contributed by atoms with Crippen LogP contribution >= 0.6 is 0 Å². The van der Waals surface area contributed by atoms with Crippen molar-refractivity contribution < 1.29 is 42.9 Å². The molecule has 16 nitrogen and oxygen atoms in total. The fourth-order valence-corrected chi connectivity index (χ4v) is 6.78. The number of anilines is 2. The molecule has 0 saturated heterocycles. The Kier molecular flexibility index (Phi) is 15.9. The predicted octanol–water partition coefficient (Wildman–Crippen LogP) is 5.19. The maximum absolute atomic E-state index is 12.7. The van der Waals surface area contributed by atoms with Gasteiger partial charge in [-0.3, -0.25) is 19.9 Å². The molecule has 2 saturated carbocycles. The van der Waals surface area contributed by atoms with Gasteiger partial charge in [0.2, 0.25) is 5.95 Å². The van der Waals surface area contributed by atoms with Crippen LogP contribution in [0, 0.1) is 25.7 Å². The van der Waals surface area contributed by atoms with Crippen molar-refractivity contribution in [1.29, 1.82) is 0 Å². The summed E-state index contributed by atoms with van der Waals surface area (Å²) in [5, 5.41) is 11.0. The Morgan fingerprint density at radius 2 is 1.50 bits per heavy atom. The first-order chi connectivity index (χ1) is 25.8. The van der Waals surface area contributed by atoms with Crippen molar-refractivity contribution in [1.82, 2.24) is 20.6 Å². The number of alkyl carbamates (subject to hydrolysis) is 2. The second-order valence-corrected chi connectivity index (χ2v) is 14.0. The van der Waals surface area contributed by atoms with Crippen LogP contribution in [0.2, 0.25) is 0 Å². The van der Waals surface area contributed by atoms with E-state index in [1.54, 1.807) is 32.0 Å². The number of aromatic nitrogens is 2. The normalized spacial score (nSPS) is 20.0. The number of carbonyl (C=O) groups is 5. The number of aromatic amines is 1. The molecule has 1 heterocycles. The van der Waals surface area contributed by atoms with Gasteiger partial charge in [-0.15, -0.1) is 0 Å². The summed E-state index contributed by atoms with van der Waals surface area (Å²) in [6, 6.07) is 5.89. The SMILES string of the molecule is C=CC(=O)OCCOC(=O)NC1CCC(CC2CCC(NC(=O)OC(C)COC(=O)Cc3cc(NC(=O)Nc4nc(C)cc(=O)[nH]4)ccc3C)CC2)CC1. The molecule has 0 spiro atoms. The van der Waals surface area contributed by atoms with Gasteiger partial charge in [0, 0.05) is 35.6 Å². The average Bonchev–Trinajstić information content (AvgIpc) is 3.11. The highest BCUT2D eigenvalue weighted by molar-refractivity contribution is 5.98. The number of aryl methyl sites for hydroxylation is 2. The van der Waals surface area contributed by atoms with Gasteiger partial charge >= 0.3 is 30.2 Å². The largest absolute Gasteiger partial charge is 0.461 e. The monoisotopic (exact) mass is 752 g/mol. The summed E-state index contributed by atoms with van der Waals surface area (Å²) >= 11 is 0. The van der Waals surface area contributed by atoms with E-state index in [4.69, 9.17) is 18.9 Å². The van der Waals surface area contributed by atoms with E-state index in [1.165, 1.54) is 6.07 Å². The van der Waals surface area contributed by atoms with E-state index in [-0.39, 0.29) is 44.3 Å². The van der Waals surface area contributed by atoms with Gasteiger partial charge in [-0.25, -0.2) is 24.2 Å². The lowest BCUT2D eigenvalue weighted by molar-refractivity contribution is -0.145. The van der Waals surface area contributed by atoms with E-state index in [2.05, 4.69) is 37.8 Å². The van der Waals surface area contributed by atoms with Crippen LogP contribution in [0.1, 0.15) is 81.5 Å². The smallest absolute Gasteiger partial charge is 0.407 e.